The van der Waals surface area contributed by atoms with Gasteiger partial charge in [-0.15, -0.1) is 0 Å². The first-order chi connectivity index (χ1) is 8.09. The molecular formula is C17H24. The van der Waals surface area contributed by atoms with Gasteiger partial charge in [-0.05, 0) is 47.3 Å². The highest BCUT2D eigenvalue weighted by atomic mass is 14.3. The first kappa shape index (κ1) is 12.4. The Balaban J connectivity index is 2.16. The summed E-state index contributed by atoms with van der Waals surface area (Å²) < 4.78 is 0. The number of hydrogen-bond donors (Lipinski definition) is 0. The van der Waals surface area contributed by atoms with E-state index in [2.05, 4.69) is 58.0 Å². The molecule has 0 heterocycles. The highest BCUT2D eigenvalue weighted by Gasteiger charge is 2.22. The van der Waals surface area contributed by atoms with Gasteiger partial charge in [-0.1, -0.05) is 58.0 Å². The third-order valence-corrected chi connectivity index (χ3v) is 4.10. The second-order valence-electron chi connectivity index (χ2n) is 5.95. The Hall–Kier alpha value is -1.04. The lowest BCUT2D eigenvalue weighted by Gasteiger charge is -2.25. The fraction of sp³-hybridized carbons (Fsp3) is 0.529. The van der Waals surface area contributed by atoms with Crippen LogP contribution in [-0.2, 0) is 6.42 Å². The zero-order valence-corrected chi connectivity index (χ0v) is 11.5. The van der Waals surface area contributed by atoms with Crippen LogP contribution in [0, 0.1) is 17.8 Å². The van der Waals surface area contributed by atoms with E-state index in [4.69, 9.17) is 0 Å². The fourth-order valence-corrected chi connectivity index (χ4v) is 3.04. The maximum atomic E-state index is 2.43. The van der Waals surface area contributed by atoms with Crippen LogP contribution in [0.2, 0.25) is 0 Å². The van der Waals surface area contributed by atoms with Crippen LogP contribution in [0.15, 0.2) is 30.3 Å². The Labute approximate surface area is 106 Å². The molecular weight excluding hydrogens is 204 g/mol. The molecule has 1 aliphatic rings. The number of benzene rings is 1. The molecule has 0 fully saturated rings. The van der Waals surface area contributed by atoms with Crippen LogP contribution >= 0.6 is 0 Å². The standard InChI is InChI=1S/C17H24/c1-12(2)17(13(3)4)11-15-10-9-14-7-5-6-8-16(14)15/h5-8,10,12-13,17H,9,11H2,1-4H3. The van der Waals surface area contributed by atoms with Crippen LogP contribution in [0.3, 0.4) is 0 Å². The summed E-state index contributed by atoms with van der Waals surface area (Å²) in [5.41, 5.74) is 4.58. The maximum Gasteiger partial charge on any atom is -0.00854 e. The molecule has 1 aromatic rings. The zero-order valence-electron chi connectivity index (χ0n) is 11.5. The van der Waals surface area contributed by atoms with Gasteiger partial charge in [0.05, 0.1) is 0 Å². The van der Waals surface area contributed by atoms with Crippen molar-refractivity contribution in [2.45, 2.75) is 40.5 Å². The van der Waals surface area contributed by atoms with E-state index in [1.807, 2.05) is 0 Å². The van der Waals surface area contributed by atoms with Crippen molar-refractivity contribution >= 4 is 5.57 Å². The summed E-state index contributed by atoms with van der Waals surface area (Å²) in [7, 11) is 0. The largest absolute Gasteiger partial charge is 0.0763 e. The fourth-order valence-electron chi connectivity index (χ4n) is 3.04. The highest BCUT2D eigenvalue weighted by molar-refractivity contribution is 5.73. The van der Waals surface area contributed by atoms with Gasteiger partial charge >= 0.3 is 0 Å². The molecule has 1 aliphatic carbocycles. The van der Waals surface area contributed by atoms with Gasteiger partial charge in [0.25, 0.3) is 0 Å². The maximum absolute atomic E-state index is 2.43. The third kappa shape index (κ3) is 2.62. The SMILES string of the molecule is CC(C)C(CC1=CCc2ccccc21)C(C)C. The molecule has 0 spiro atoms. The summed E-state index contributed by atoms with van der Waals surface area (Å²) in [5.74, 6) is 2.33. The van der Waals surface area contributed by atoms with Gasteiger partial charge in [0, 0.05) is 0 Å². The third-order valence-electron chi connectivity index (χ3n) is 4.10. The molecule has 0 unspecified atom stereocenters. The summed E-state index contributed by atoms with van der Waals surface area (Å²) in [6, 6.07) is 8.86. The average Bonchev–Trinajstić information content (AvgIpc) is 2.68. The van der Waals surface area contributed by atoms with Crippen molar-refractivity contribution in [3.05, 3.63) is 41.5 Å². The Kier molecular flexibility index (Phi) is 3.71. The number of fused-ring (bicyclic) bond motifs is 1. The molecule has 92 valence electrons. The minimum Gasteiger partial charge on any atom is -0.0763 e. The van der Waals surface area contributed by atoms with Gasteiger partial charge in [-0.25, -0.2) is 0 Å². The summed E-state index contributed by atoms with van der Waals surface area (Å²) >= 11 is 0. The minimum absolute atomic E-state index is 0.767. The Morgan fingerprint density at radius 1 is 1.00 bits per heavy atom. The van der Waals surface area contributed by atoms with E-state index in [-0.39, 0.29) is 0 Å². The average molecular weight is 228 g/mol. The van der Waals surface area contributed by atoms with Crippen molar-refractivity contribution in [3.8, 4) is 0 Å². The van der Waals surface area contributed by atoms with Gasteiger partial charge in [0.2, 0.25) is 0 Å². The van der Waals surface area contributed by atoms with E-state index in [1.165, 1.54) is 17.5 Å². The predicted octanol–water partition coefficient (Wildman–Crippen LogP) is 4.94. The van der Waals surface area contributed by atoms with E-state index < -0.39 is 0 Å². The topological polar surface area (TPSA) is 0 Å². The second-order valence-corrected chi connectivity index (χ2v) is 5.95. The lowest BCUT2D eigenvalue weighted by Crippen LogP contribution is -2.15. The number of rotatable bonds is 4. The second kappa shape index (κ2) is 5.08. The molecule has 17 heavy (non-hydrogen) atoms. The van der Waals surface area contributed by atoms with E-state index in [9.17, 15) is 0 Å². The van der Waals surface area contributed by atoms with Crippen LogP contribution in [0.25, 0.3) is 5.57 Å². The van der Waals surface area contributed by atoms with Crippen molar-refractivity contribution in [3.63, 3.8) is 0 Å². The summed E-state index contributed by atoms with van der Waals surface area (Å²) in [6.45, 7) is 9.41. The van der Waals surface area contributed by atoms with Crippen LogP contribution in [0.1, 0.15) is 45.2 Å². The van der Waals surface area contributed by atoms with E-state index in [0.29, 0.717) is 0 Å². The molecule has 0 nitrogen and oxygen atoms in total. The van der Waals surface area contributed by atoms with Crippen LogP contribution in [0.4, 0.5) is 0 Å². The lowest BCUT2D eigenvalue weighted by molar-refractivity contribution is 0.294. The zero-order chi connectivity index (χ0) is 12.4. The molecule has 0 N–H and O–H groups in total. The predicted molar refractivity (Wildman–Crippen MR) is 75.9 cm³/mol. The van der Waals surface area contributed by atoms with Gasteiger partial charge < -0.3 is 0 Å². The first-order valence-electron chi connectivity index (χ1n) is 6.87. The van der Waals surface area contributed by atoms with Crippen molar-refractivity contribution in [1.29, 1.82) is 0 Å². The monoisotopic (exact) mass is 228 g/mol. The Bertz CT molecular complexity index is 402. The van der Waals surface area contributed by atoms with Gasteiger partial charge in [-0.2, -0.15) is 0 Å². The summed E-state index contributed by atoms with van der Waals surface area (Å²) in [4.78, 5) is 0. The number of allylic oxidation sites excluding steroid dienone is 2. The highest BCUT2D eigenvalue weighted by Crippen LogP contribution is 2.36. The molecule has 0 saturated carbocycles. The van der Waals surface area contributed by atoms with Crippen LogP contribution < -0.4 is 0 Å². The molecule has 2 rings (SSSR count). The van der Waals surface area contributed by atoms with Crippen molar-refractivity contribution < 1.29 is 0 Å². The normalized spacial score (nSPS) is 14.6. The molecule has 0 amide bonds. The molecule has 0 saturated heterocycles. The van der Waals surface area contributed by atoms with E-state index in [0.717, 1.165) is 24.2 Å². The van der Waals surface area contributed by atoms with Crippen molar-refractivity contribution in [1.82, 2.24) is 0 Å². The minimum atomic E-state index is 0.767. The van der Waals surface area contributed by atoms with Gasteiger partial charge in [0.15, 0.2) is 0 Å². The molecule has 0 aliphatic heterocycles. The Morgan fingerprint density at radius 3 is 2.29 bits per heavy atom. The molecule has 0 bridgehead atoms. The van der Waals surface area contributed by atoms with E-state index >= 15 is 0 Å². The van der Waals surface area contributed by atoms with Crippen LogP contribution in [0.5, 0.6) is 0 Å². The summed E-state index contributed by atoms with van der Waals surface area (Å²) in [6.07, 6.45) is 4.81. The molecule has 0 radical (unpaired) electrons. The number of hydrogen-bond acceptors (Lipinski definition) is 0. The lowest BCUT2D eigenvalue weighted by atomic mass is 9.80. The van der Waals surface area contributed by atoms with Gasteiger partial charge in [-0.3, -0.25) is 0 Å². The van der Waals surface area contributed by atoms with Gasteiger partial charge in [0.1, 0.15) is 0 Å². The quantitative estimate of drug-likeness (QED) is 0.684. The summed E-state index contributed by atoms with van der Waals surface area (Å²) in [5, 5.41) is 0. The molecule has 1 aromatic carbocycles. The molecule has 0 aromatic heterocycles. The first-order valence-corrected chi connectivity index (χ1v) is 6.87. The molecule has 0 heteroatoms. The van der Waals surface area contributed by atoms with Crippen molar-refractivity contribution in [2.75, 3.05) is 0 Å². The smallest absolute Gasteiger partial charge is 0.00854 e. The van der Waals surface area contributed by atoms with Crippen LogP contribution in [-0.4, -0.2) is 0 Å². The van der Waals surface area contributed by atoms with E-state index in [1.54, 1.807) is 5.57 Å². The van der Waals surface area contributed by atoms with Crippen molar-refractivity contribution in [2.24, 2.45) is 17.8 Å². The molecule has 0 atom stereocenters. The Morgan fingerprint density at radius 2 is 1.65 bits per heavy atom.